The van der Waals surface area contributed by atoms with Gasteiger partial charge in [-0.05, 0) is 29.0 Å². The van der Waals surface area contributed by atoms with Crippen molar-refractivity contribution in [2.24, 2.45) is 0 Å². The van der Waals surface area contributed by atoms with Crippen molar-refractivity contribution in [1.82, 2.24) is 4.98 Å². The molecule has 0 saturated heterocycles. The lowest BCUT2D eigenvalue weighted by atomic mass is 9.75. The molecule has 0 saturated carbocycles. The SMILES string of the molecule is COc1cc(OC)c(C2Cc3ccccc3-c3nc(N)c4ccccc4c32)cc1OC. The van der Waals surface area contributed by atoms with E-state index in [0.717, 1.165) is 45.3 Å². The van der Waals surface area contributed by atoms with Crippen LogP contribution in [-0.2, 0) is 6.42 Å². The molecule has 0 radical (unpaired) electrons. The molecule has 0 fully saturated rings. The number of aromatic nitrogens is 1. The topological polar surface area (TPSA) is 66.6 Å². The molecule has 5 heteroatoms. The van der Waals surface area contributed by atoms with Crippen molar-refractivity contribution < 1.29 is 14.2 Å². The summed E-state index contributed by atoms with van der Waals surface area (Å²) in [6.45, 7) is 0. The summed E-state index contributed by atoms with van der Waals surface area (Å²) in [5.74, 6) is 2.64. The summed E-state index contributed by atoms with van der Waals surface area (Å²) in [6, 6.07) is 20.5. The van der Waals surface area contributed by atoms with E-state index < -0.39 is 0 Å². The van der Waals surface area contributed by atoms with Crippen molar-refractivity contribution in [3.05, 3.63) is 77.4 Å². The van der Waals surface area contributed by atoms with Crippen LogP contribution in [0.3, 0.4) is 0 Å². The Morgan fingerprint density at radius 3 is 2.19 bits per heavy atom. The third-order valence-electron chi connectivity index (χ3n) is 6.14. The van der Waals surface area contributed by atoms with Crippen molar-refractivity contribution in [3.63, 3.8) is 0 Å². The van der Waals surface area contributed by atoms with Crippen LogP contribution in [-0.4, -0.2) is 26.3 Å². The number of nitrogen functional groups attached to an aromatic ring is 1. The number of nitrogens with zero attached hydrogens (tertiary/aromatic N) is 1. The third-order valence-corrected chi connectivity index (χ3v) is 6.14. The number of nitrogens with two attached hydrogens (primary N) is 1. The fraction of sp³-hybridized carbons (Fsp3) is 0.192. The minimum Gasteiger partial charge on any atom is -0.496 e. The van der Waals surface area contributed by atoms with E-state index in [0.29, 0.717) is 17.3 Å². The van der Waals surface area contributed by atoms with Crippen LogP contribution in [0.1, 0.15) is 22.6 Å². The Kier molecular flexibility index (Phi) is 4.66. The lowest BCUT2D eigenvalue weighted by Crippen LogP contribution is -2.16. The van der Waals surface area contributed by atoms with Gasteiger partial charge in [-0.15, -0.1) is 0 Å². The lowest BCUT2D eigenvalue weighted by Gasteiger charge is -2.30. The zero-order valence-corrected chi connectivity index (χ0v) is 17.8. The molecule has 1 atom stereocenters. The lowest BCUT2D eigenvalue weighted by molar-refractivity contribution is 0.347. The average Bonchev–Trinajstić information content (AvgIpc) is 2.82. The first-order valence-electron chi connectivity index (χ1n) is 10.2. The first kappa shape index (κ1) is 19.2. The van der Waals surface area contributed by atoms with Crippen molar-refractivity contribution in [2.75, 3.05) is 27.1 Å². The van der Waals surface area contributed by atoms with E-state index in [9.17, 15) is 0 Å². The zero-order valence-electron chi connectivity index (χ0n) is 17.8. The van der Waals surface area contributed by atoms with Crippen LogP contribution in [0, 0.1) is 0 Å². The molecular weight excluding hydrogens is 388 g/mol. The van der Waals surface area contributed by atoms with Crippen molar-refractivity contribution in [2.45, 2.75) is 12.3 Å². The highest BCUT2D eigenvalue weighted by molar-refractivity contribution is 5.98. The number of anilines is 1. The van der Waals surface area contributed by atoms with Gasteiger partial charge in [-0.25, -0.2) is 4.98 Å². The molecule has 0 bridgehead atoms. The normalized spacial score (nSPS) is 14.6. The number of hydrogen-bond acceptors (Lipinski definition) is 5. The van der Waals surface area contributed by atoms with Gasteiger partial charge in [-0.2, -0.15) is 0 Å². The van der Waals surface area contributed by atoms with Gasteiger partial charge in [-0.3, -0.25) is 0 Å². The maximum Gasteiger partial charge on any atom is 0.164 e. The zero-order chi connectivity index (χ0) is 21.5. The van der Waals surface area contributed by atoms with Gasteiger partial charge in [-0.1, -0.05) is 48.5 Å². The Morgan fingerprint density at radius 2 is 1.45 bits per heavy atom. The van der Waals surface area contributed by atoms with E-state index >= 15 is 0 Å². The number of hydrogen-bond donors (Lipinski definition) is 1. The highest BCUT2D eigenvalue weighted by Gasteiger charge is 2.32. The van der Waals surface area contributed by atoms with Gasteiger partial charge < -0.3 is 19.9 Å². The molecule has 4 aromatic rings. The van der Waals surface area contributed by atoms with Crippen molar-refractivity contribution in [1.29, 1.82) is 0 Å². The molecule has 0 spiro atoms. The van der Waals surface area contributed by atoms with E-state index in [1.807, 2.05) is 36.4 Å². The minimum atomic E-state index is 0.0256. The summed E-state index contributed by atoms with van der Waals surface area (Å²) < 4.78 is 16.9. The molecule has 0 aliphatic heterocycles. The Morgan fingerprint density at radius 1 is 0.806 bits per heavy atom. The van der Waals surface area contributed by atoms with Gasteiger partial charge in [0.2, 0.25) is 0 Å². The van der Waals surface area contributed by atoms with E-state index in [-0.39, 0.29) is 5.92 Å². The Labute approximate surface area is 181 Å². The van der Waals surface area contributed by atoms with Crippen LogP contribution in [0.25, 0.3) is 22.0 Å². The number of benzene rings is 3. The monoisotopic (exact) mass is 412 g/mol. The molecule has 3 aromatic carbocycles. The first-order chi connectivity index (χ1) is 15.2. The second kappa shape index (κ2) is 7.51. The van der Waals surface area contributed by atoms with Crippen LogP contribution in [0.5, 0.6) is 17.2 Å². The number of rotatable bonds is 4. The quantitative estimate of drug-likeness (QED) is 0.499. The maximum atomic E-state index is 6.39. The Balaban J connectivity index is 1.85. The van der Waals surface area contributed by atoms with Crippen molar-refractivity contribution in [3.8, 4) is 28.5 Å². The smallest absolute Gasteiger partial charge is 0.164 e. The molecule has 5 nitrogen and oxygen atoms in total. The van der Waals surface area contributed by atoms with E-state index in [2.05, 4.69) is 24.3 Å². The van der Waals surface area contributed by atoms with Gasteiger partial charge in [0.05, 0.1) is 27.0 Å². The van der Waals surface area contributed by atoms with Gasteiger partial charge in [0, 0.05) is 28.5 Å². The molecule has 1 aliphatic rings. The van der Waals surface area contributed by atoms with Crippen molar-refractivity contribution >= 4 is 16.6 Å². The maximum absolute atomic E-state index is 6.39. The molecule has 0 amide bonds. The molecule has 1 aliphatic carbocycles. The fourth-order valence-corrected chi connectivity index (χ4v) is 4.71. The molecule has 1 unspecified atom stereocenters. The number of methoxy groups -OCH3 is 3. The summed E-state index contributed by atoms with van der Waals surface area (Å²) in [7, 11) is 4.96. The molecular formula is C26H24N2O3. The van der Waals surface area contributed by atoms with E-state index in [1.54, 1.807) is 21.3 Å². The van der Waals surface area contributed by atoms with Gasteiger partial charge in [0.1, 0.15) is 11.6 Å². The van der Waals surface area contributed by atoms with Gasteiger partial charge in [0.15, 0.2) is 11.5 Å². The number of ether oxygens (including phenoxy) is 3. The highest BCUT2D eigenvalue weighted by Crippen LogP contribution is 2.49. The predicted molar refractivity (Wildman–Crippen MR) is 123 cm³/mol. The summed E-state index contributed by atoms with van der Waals surface area (Å²) in [5.41, 5.74) is 11.9. The molecule has 2 N–H and O–H groups in total. The fourth-order valence-electron chi connectivity index (χ4n) is 4.71. The van der Waals surface area contributed by atoms with Crippen LogP contribution < -0.4 is 19.9 Å². The van der Waals surface area contributed by atoms with Crippen LogP contribution in [0.4, 0.5) is 5.82 Å². The summed E-state index contributed by atoms with van der Waals surface area (Å²) >= 11 is 0. The Bertz CT molecular complexity index is 1300. The first-order valence-corrected chi connectivity index (χ1v) is 10.2. The predicted octanol–water partition coefficient (Wildman–Crippen LogP) is 5.20. The van der Waals surface area contributed by atoms with Crippen LogP contribution >= 0.6 is 0 Å². The molecule has 31 heavy (non-hydrogen) atoms. The van der Waals surface area contributed by atoms with Crippen LogP contribution in [0.2, 0.25) is 0 Å². The molecule has 5 rings (SSSR count). The van der Waals surface area contributed by atoms with Gasteiger partial charge in [0.25, 0.3) is 0 Å². The second-order valence-electron chi connectivity index (χ2n) is 7.67. The van der Waals surface area contributed by atoms with Crippen LogP contribution in [0.15, 0.2) is 60.7 Å². The molecule has 1 heterocycles. The molecule has 156 valence electrons. The number of pyridine rings is 1. The summed E-state index contributed by atoms with van der Waals surface area (Å²) in [6.07, 6.45) is 0.824. The Hall–Kier alpha value is -3.73. The molecule has 1 aromatic heterocycles. The third kappa shape index (κ3) is 2.96. The van der Waals surface area contributed by atoms with E-state index in [1.165, 1.54) is 5.56 Å². The second-order valence-corrected chi connectivity index (χ2v) is 7.67. The summed E-state index contributed by atoms with van der Waals surface area (Å²) in [5, 5.41) is 2.08. The largest absolute Gasteiger partial charge is 0.496 e. The van der Waals surface area contributed by atoms with E-state index in [4.69, 9.17) is 24.9 Å². The average molecular weight is 412 g/mol. The minimum absolute atomic E-state index is 0.0256. The highest BCUT2D eigenvalue weighted by atomic mass is 16.5. The standard InChI is InChI=1S/C26H24N2O3/c1-29-21-14-23(31-3)22(30-2)13-19(21)20-12-15-8-4-5-9-16(15)25-24(20)17-10-6-7-11-18(17)26(27)28-25/h4-11,13-14,20H,12H2,1-3H3,(H2,27,28). The number of fused-ring (bicyclic) bond motifs is 5. The summed E-state index contributed by atoms with van der Waals surface area (Å²) in [4.78, 5) is 4.87. The van der Waals surface area contributed by atoms with Gasteiger partial charge >= 0.3 is 0 Å².